The van der Waals surface area contributed by atoms with Gasteiger partial charge in [-0.05, 0) is 154 Å². The van der Waals surface area contributed by atoms with Gasteiger partial charge in [0.25, 0.3) is 0 Å². The highest BCUT2D eigenvalue weighted by Gasteiger charge is 2.19. The van der Waals surface area contributed by atoms with Crippen molar-refractivity contribution < 1.29 is 28.6 Å². The highest BCUT2D eigenvalue weighted by Crippen LogP contribution is 2.14. The monoisotopic (exact) mass is 1140 g/mol. The van der Waals surface area contributed by atoms with E-state index in [1.54, 1.807) is 0 Å². The Bertz CT molecular complexity index is 1890. The lowest BCUT2D eigenvalue weighted by molar-refractivity contribution is -0.167. The first kappa shape index (κ1) is 77.8. The van der Waals surface area contributed by atoms with Crippen molar-refractivity contribution in [3.05, 3.63) is 170 Å². The van der Waals surface area contributed by atoms with Crippen LogP contribution in [0.25, 0.3) is 0 Å². The summed E-state index contributed by atoms with van der Waals surface area (Å²) in [4.78, 5) is 38.4. The Hall–Kier alpha value is -5.23. The highest BCUT2D eigenvalue weighted by molar-refractivity contribution is 5.71. The van der Waals surface area contributed by atoms with Gasteiger partial charge in [0, 0.05) is 19.3 Å². The maximum Gasteiger partial charge on any atom is 0.306 e. The van der Waals surface area contributed by atoms with Crippen molar-refractivity contribution in [1.82, 2.24) is 0 Å². The number of hydrogen-bond acceptors (Lipinski definition) is 6. The fourth-order valence-corrected chi connectivity index (χ4v) is 8.71. The lowest BCUT2D eigenvalue weighted by Gasteiger charge is -2.18. The van der Waals surface area contributed by atoms with Gasteiger partial charge in [0.2, 0.25) is 0 Å². The normalized spacial score (nSPS) is 13.2. The van der Waals surface area contributed by atoms with E-state index in [2.05, 4.69) is 191 Å². The van der Waals surface area contributed by atoms with Crippen LogP contribution in [0.15, 0.2) is 170 Å². The molecule has 0 amide bonds. The Morgan fingerprint density at radius 2 is 0.470 bits per heavy atom. The molecule has 0 rings (SSSR count). The number of unbranched alkanes of at least 4 members (excludes halogenated alkanes) is 20. The van der Waals surface area contributed by atoms with Gasteiger partial charge in [-0.25, -0.2) is 0 Å². The van der Waals surface area contributed by atoms with E-state index < -0.39 is 6.10 Å². The molecule has 466 valence electrons. The van der Waals surface area contributed by atoms with Crippen molar-refractivity contribution in [2.45, 2.75) is 284 Å². The lowest BCUT2D eigenvalue weighted by atomic mass is 10.1. The van der Waals surface area contributed by atoms with Crippen molar-refractivity contribution in [3.63, 3.8) is 0 Å². The number of carbonyl (C=O) groups is 3. The average Bonchev–Trinajstić information content (AvgIpc) is 3.49. The molecule has 0 aliphatic heterocycles. The van der Waals surface area contributed by atoms with E-state index in [0.29, 0.717) is 19.3 Å². The van der Waals surface area contributed by atoms with Crippen LogP contribution in [0.4, 0.5) is 0 Å². The second kappa shape index (κ2) is 69.3. The van der Waals surface area contributed by atoms with Crippen LogP contribution >= 0.6 is 0 Å². The molecule has 0 bridgehead atoms. The van der Waals surface area contributed by atoms with Gasteiger partial charge in [0.1, 0.15) is 13.2 Å². The van der Waals surface area contributed by atoms with Crippen LogP contribution in [0.1, 0.15) is 278 Å². The third-order valence-corrected chi connectivity index (χ3v) is 13.7. The average molecular weight is 1140 g/mol. The summed E-state index contributed by atoms with van der Waals surface area (Å²) < 4.78 is 16.9. The van der Waals surface area contributed by atoms with Gasteiger partial charge in [-0.2, -0.15) is 0 Å². The first-order chi connectivity index (χ1) is 41.0. The Morgan fingerprint density at radius 1 is 0.253 bits per heavy atom. The minimum absolute atomic E-state index is 0.105. The molecule has 0 aliphatic rings. The summed E-state index contributed by atoms with van der Waals surface area (Å²) in [5, 5.41) is 0. The van der Waals surface area contributed by atoms with E-state index >= 15 is 0 Å². The van der Waals surface area contributed by atoms with Crippen molar-refractivity contribution in [2.75, 3.05) is 13.2 Å². The topological polar surface area (TPSA) is 78.9 Å². The first-order valence-corrected chi connectivity index (χ1v) is 33.6. The lowest BCUT2D eigenvalue weighted by Crippen LogP contribution is -2.30. The Kier molecular flexibility index (Phi) is 64.9. The molecule has 0 aromatic heterocycles. The van der Waals surface area contributed by atoms with Gasteiger partial charge in [-0.15, -0.1) is 0 Å². The smallest absolute Gasteiger partial charge is 0.306 e. The summed E-state index contributed by atoms with van der Waals surface area (Å²) in [7, 11) is 0. The van der Waals surface area contributed by atoms with Gasteiger partial charge >= 0.3 is 17.9 Å². The first-order valence-electron chi connectivity index (χ1n) is 33.6. The maximum atomic E-state index is 13.0. The van der Waals surface area contributed by atoms with Crippen LogP contribution < -0.4 is 0 Å². The van der Waals surface area contributed by atoms with E-state index in [0.717, 1.165) is 167 Å². The Labute approximate surface area is 511 Å². The molecule has 0 spiro atoms. The third kappa shape index (κ3) is 67.4. The van der Waals surface area contributed by atoms with Crippen molar-refractivity contribution in [1.29, 1.82) is 0 Å². The molecule has 6 nitrogen and oxygen atoms in total. The van der Waals surface area contributed by atoms with Crippen LogP contribution in [-0.2, 0) is 28.6 Å². The molecule has 0 aliphatic carbocycles. The van der Waals surface area contributed by atoms with E-state index in [1.165, 1.54) is 70.6 Å². The Morgan fingerprint density at radius 3 is 0.747 bits per heavy atom. The second-order valence-corrected chi connectivity index (χ2v) is 21.6. The van der Waals surface area contributed by atoms with Crippen LogP contribution in [0.3, 0.4) is 0 Å². The molecular weight excluding hydrogens is 1020 g/mol. The molecule has 1 unspecified atom stereocenters. The van der Waals surface area contributed by atoms with Crippen LogP contribution in [0.2, 0.25) is 0 Å². The summed E-state index contributed by atoms with van der Waals surface area (Å²) in [6, 6.07) is 0. The van der Waals surface area contributed by atoms with Gasteiger partial charge in [-0.3, -0.25) is 14.4 Å². The minimum atomic E-state index is -0.813. The van der Waals surface area contributed by atoms with Gasteiger partial charge in [0.05, 0.1) is 0 Å². The number of carbonyl (C=O) groups excluding carboxylic acids is 3. The molecule has 0 aromatic rings. The molecule has 0 saturated carbocycles. The zero-order chi connectivity index (χ0) is 59.9. The van der Waals surface area contributed by atoms with Crippen molar-refractivity contribution >= 4 is 17.9 Å². The molecule has 0 radical (unpaired) electrons. The fraction of sp³-hybridized carbons (Fsp3) is 0.597. The van der Waals surface area contributed by atoms with Gasteiger partial charge < -0.3 is 14.2 Å². The highest BCUT2D eigenvalue weighted by atomic mass is 16.6. The summed E-state index contributed by atoms with van der Waals surface area (Å²) in [6.07, 6.45) is 102. The number of ether oxygens (including phenoxy) is 3. The molecule has 0 fully saturated rings. The summed E-state index contributed by atoms with van der Waals surface area (Å²) >= 11 is 0. The molecule has 0 heterocycles. The molecule has 6 heteroatoms. The largest absolute Gasteiger partial charge is 0.462 e. The van der Waals surface area contributed by atoms with E-state index in [1.807, 2.05) is 0 Å². The summed E-state index contributed by atoms with van der Waals surface area (Å²) in [5.41, 5.74) is 0. The van der Waals surface area contributed by atoms with Crippen LogP contribution in [0.5, 0.6) is 0 Å². The summed E-state index contributed by atoms with van der Waals surface area (Å²) in [6.45, 7) is 6.35. The SMILES string of the molecule is CC/C=C\C/C=C\C/C=C\C/C=C\C/C=C\C/C=C\C/C=C\CCCCCC(=O)OCC(COC(=O)CCCCCCCCC/C=C\C/C=C\CCCCC)OC(=O)CCCCCCCCC/C=C\C/C=C\C/C=C\C/C=C\C/C=C\CC. The molecule has 1 atom stereocenters. The van der Waals surface area contributed by atoms with Crippen molar-refractivity contribution in [2.24, 2.45) is 0 Å². The maximum absolute atomic E-state index is 13.0. The molecule has 83 heavy (non-hydrogen) atoms. The predicted molar refractivity (Wildman–Crippen MR) is 361 cm³/mol. The quantitative estimate of drug-likeness (QED) is 0.0261. The van der Waals surface area contributed by atoms with Crippen LogP contribution in [-0.4, -0.2) is 37.2 Å². The molecular formula is C77H122O6. The number of rotatable bonds is 59. The van der Waals surface area contributed by atoms with E-state index in [-0.39, 0.29) is 31.1 Å². The zero-order valence-corrected chi connectivity index (χ0v) is 53.4. The van der Waals surface area contributed by atoms with Crippen molar-refractivity contribution in [3.8, 4) is 0 Å². The molecule has 0 N–H and O–H groups in total. The minimum Gasteiger partial charge on any atom is -0.462 e. The zero-order valence-electron chi connectivity index (χ0n) is 53.4. The van der Waals surface area contributed by atoms with E-state index in [4.69, 9.17) is 14.2 Å². The fourth-order valence-electron chi connectivity index (χ4n) is 8.71. The number of allylic oxidation sites excluding steroid dienone is 28. The van der Waals surface area contributed by atoms with Gasteiger partial charge in [0.15, 0.2) is 6.10 Å². The summed E-state index contributed by atoms with van der Waals surface area (Å²) in [5.74, 6) is -0.959. The molecule has 0 aromatic carbocycles. The van der Waals surface area contributed by atoms with E-state index in [9.17, 15) is 14.4 Å². The Balaban J connectivity index is 4.52. The number of esters is 3. The third-order valence-electron chi connectivity index (χ3n) is 13.7. The second-order valence-electron chi connectivity index (χ2n) is 21.6. The predicted octanol–water partition coefficient (Wildman–Crippen LogP) is 23.4. The number of hydrogen-bond donors (Lipinski definition) is 0. The van der Waals surface area contributed by atoms with Gasteiger partial charge in [-0.1, -0.05) is 274 Å². The standard InChI is InChI=1S/C77H122O6/c1-4-7-10-13-16-19-22-25-28-31-33-35-37-38-40-41-43-46-49-52-55-58-61-64-67-70-76(79)82-73-74(72-81-75(78)69-66-63-60-57-54-51-48-45-30-27-24-21-18-15-12-9-6-3)83-77(80)71-68-65-62-59-56-53-50-47-44-42-39-36-34-32-29-26-23-20-17-14-11-8-5-2/h7-8,10-11,16-21,25-30,33-36,38,40,42-44,46,52,55,74H,4-6,9,12-15,22-24,31-32,37,39,41,45,47-51,53-54,56-73H2,1-3H3/b10-7-,11-8-,19-16-,20-17-,21-18-,28-25-,29-26-,30-27-,35-33-,36-34-,40-38-,44-42-,46-43-,55-52-. The molecule has 0 saturated heterocycles. The van der Waals surface area contributed by atoms with Crippen LogP contribution in [0, 0.1) is 0 Å².